The van der Waals surface area contributed by atoms with Gasteiger partial charge in [0, 0.05) is 38.6 Å². The van der Waals surface area contributed by atoms with Crippen LogP contribution < -0.4 is 0 Å². The Labute approximate surface area is 303 Å². The normalized spacial score (nSPS) is 11.8. The number of benzene rings is 5. The van der Waals surface area contributed by atoms with E-state index in [-0.39, 0.29) is 37.6 Å². The zero-order valence-corrected chi connectivity index (χ0v) is 31.0. The zero-order valence-electron chi connectivity index (χ0n) is 28.7. The van der Waals surface area contributed by atoms with Crippen molar-refractivity contribution in [3.8, 4) is 56.3 Å². The van der Waals surface area contributed by atoms with Gasteiger partial charge in [-0.15, -0.1) is 23.8 Å². The maximum Gasteiger partial charge on any atom is 0.148 e. The second kappa shape index (κ2) is 13.3. The van der Waals surface area contributed by atoms with Crippen molar-refractivity contribution in [3.05, 3.63) is 145 Å². The fourth-order valence-corrected chi connectivity index (χ4v) is 6.20. The molecule has 0 radical (unpaired) electrons. The van der Waals surface area contributed by atoms with Gasteiger partial charge in [0.25, 0.3) is 0 Å². The molecule has 5 aromatic carbocycles. The number of hydrogen-bond acceptors (Lipinski definition) is 3. The number of aromatic hydroxyl groups is 1. The number of para-hydroxylation sites is 2. The zero-order chi connectivity index (χ0) is 33.6. The predicted octanol–water partition coefficient (Wildman–Crippen LogP) is 11.2. The summed E-state index contributed by atoms with van der Waals surface area (Å²) in [5.41, 5.74) is 11.7. The number of pyridine rings is 1. The molecule has 0 aliphatic rings. The number of hydrogen-bond donors (Lipinski definition) is 1. The molecule has 248 valence electrons. The molecule has 0 bridgehead atoms. The van der Waals surface area contributed by atoms with Crippen molar-refractivity contribution >= 4 is 11.0 Å². The summed E-state index contributed by atoms with van der Waals surface area (Å²) in [4.78, 5) is 10.0. The Balaban J connectivity index is 0.00000417. The van der Waals surface area contributed by atoms with Crippen molar-refractivity contribution in [2.45, 2.75) is 52.4 Å². The summed E-state index contributed by atoms with van der Waals surface area (Å²) in [6.45, 7) is 13.5. The number of phenols is 1. The summed E-state index contributed by atoms with van der Waals surface area (Å²) in [6, 6.07) is 45.0. The number of rotatable bonds is 5. The summed E-state index contributed by atoms with van der Waals surface area (Å²) < 4.78 is 2.21. The van der Waals surface area contributed by atoms with Crippen LogP contribution in [0.15, 0.2) is 128 Å². The molecule has 2 heterocycles. The van der Waals surface area contributed by atoms with Crippen LogP contribution in [0.4, 0.5) is 0 Å². The van der Waals surface area contributed by atoms with E-state index in [9.17, 15) is 5.11 Å². The van der Waals surface area contributed by atoms with Gasteiger partial charge in [-0.1, -0.05) is 131 Å². The van der Waals surface area contributed by atoms with Crippen LogP contribution >= 0.6 is 0 Å². The van der Waals surface area contributed by atoms with E-state index in [2.05, 4.69) is 130 Å². The Kier molecular flexibility index (Phi) is 9.22. The third-order valence-electron chi connectivity index (χ3n) is 8.95. The van der Waals surface area contributed by atoms with Crippen molar-refractivity contribution in [2.75, 3.05) is 0 Å². The van der Waals surface area contributed by atoms with E-state index in [1.165, 1.54) is 11.1 Å². The molecule has 0 amide bonds. The third kappa shape index (κ3) is 6.76. The van der Waals surface area contributed by atoms with Crippen LogP contribution in [0, 0.1) is 6.07 Å². The molecule has 7 aromatic rings. The number of imidazole rings is 1. The SMILES string of the molecule is CC(C)(C)c1cc(-n2c(-c3ccccc3O)nc3c(-c4[c-]c(-c5ccccn5)cc(-c5ccccc5)c4)cccc32)cc(C(C)(C)C)c1.[Pt]. The maximum absolute atomic E-state index is 11.2. The van der Waals surface area contributed by atoms with E-state index in [1.807, 2.05) is 48.7 Å². The molecule has 0 unspecified atom stereocenters. The number of phenolic OH excluding ortho intramolecular Hbond substituents is 1. The number of nitrogens with zero attached hydrogens (tertiary/aromatic N) is 3. The van der Waals surface area contributed by atoms with Gasteiger partial charge in [0.2, 0.25) is 0 Å². The van der Waals surface area contributed by atoms with Gasteiger partial charge in [0.05, 0.1) is 16.6 Å². The van der Waals surface area contributed by atoms with E-state index in [0.717, 1.165) is 50.2 Å². The van der Waals surface area contributed by atoms with Gasteiger partial charge in [0.1, 0.15) is 11.6 Å². The molecule has 0 saturated heterocycles. The van der Waals surface area contributed by atoms with Crippen molar-refractivity contribution in [3.63, 3.8) is 0 Å². The quantitative estimate of drug-likeness (QED) is 0.176. The monoisotopic (exact) mass is 821 g/mol. The van der Waals surface area contributed by atoms with Gasteiger partial charge in [0.15, 0.2) is 0 Å². The van der Waals surface area contributed by atoms with E-state index in [1.54, 1.807) is 6.07 Å². The molecule has 0 atom stereocenters. The van der Waals surface area contributed by atoms with Crippen LogP contribution in [0.3, 0.4) is 0 Å². The largest absolute Gasteiger partial charge is 0.507 e. The summed E-state index contributed by atoms with van der Waals surface area (Å²) in [5.74, 6) is 0.874. The molecule has 0 aliphatic carbocycles. The van der Waals surface area contributed by atoms with Gasteiger partial charge in [-0.05, 0) is 63.9 Å². The minimum atomic E-state index is -0.0681. The van der Waals surface area contributed by atoms with Crippen molar-refractivity contribution in [1.82, 2.24) is 14.5 Å². The van der Waals surface area contributed by atoms with Crippen molar-refractivity contribution < 1.29 is 26.2 Å². The average Bonchev–Trinajstić information content (AvgIpc) is 3.48. The van der Waals surface area contributed by atoms with Crippen LogP contribution in [0.2, 0.25) is 0 Å². The summed E-state index contributed by atoms with van der Waals surface area (Å²) >= 11 is 0. The topological polar surface area (TPSA) is 50.9 Å². The fourth-order valence-electron chi connectivity index (χ4n) is 6.20. The minimum absolute atomic E-state index is 0. The van der Waals surface area contributed by atoms with Gasteiger partial charge in [-0.25, -0.2) is 4.98 Å². The molecule has 49 heavy (non-hydrogen) atoms. The van der Waals surface area contributed by atoms with Gasteiger partial charge >= 0.3 is 0 Å². The van der Waals surface area contributed by atoms with Crippen molar-refractivity contribution in [1.29, 1.82) is 0 Å². The molecule has 0 fully saturated rings. The average molecular weight is 822 g/mol. The van der Waals surface area contributed by atoms with E-state index in [4.69, 9.17) is 4.98 Å². The Morgan fingerprint density at radius 3 is 1.90 bits per heavy atom. The van der Waals surface area contributed by atoms with Crippen LogP contribution in [0.1, 0.15) is 52.7 Å². The molecule has 1 N–H and O–H groups in total. The van der Waals surface area contributed by atoms with Crippen molar-refractivity contribution in [2.24, 2.45) is 0 Å². The molecule has 7 rings (SSSR count). The third-order valence-corrected chi connectivity index (χ3v) is 8.95. The maximum atomic E-state index is 11.2. The van der Waals surface area contributed by atoms with E-state index in [0.29, 0.717) is 11.4 Å². The molecular formula is C44H40N3OPt-. The smallest absolute Gasteiger partial charge is 0.148 e. The molecule has 0 aliphatic heterocycles. The summed E-state index contributed by atoms with van der Waals surface area (Å²) in [5, 5.41) is 11.2. The Morgan fingerprint density at radius 1 is 0.612 bits per heavy atom. The van der Waals surface area contributed by atoms with Gasteiger partial charge < -0.3 is 5.11 Å². The number of fused-ring (bicyclic) bond motifs is 1. The van der Waals surface area contributed by atoms with Crippen LogP contribution in [0.25, 0.3) is 61.6 Å². The standard InChI is InChI=1S/C44H40N3O.Pt/c1-43(2,3)33-26-34(44(4,5)6)28-35(27-33)47-39-20-14-18-36(41(39)46-42(47)37-17-10-11-21-40(37)48)31-23-30(29-15-8-7-9-16-29)24-32(25-31)38-19-12-13-22-45-38;/h7-24,26-28,48H,1-6H3;/q-1;. The van der Waals surface area contributed by atoms with Gasteiger partial charge in [-0.3, -0.25) is 9.55 Å². The first kappa shape index (κ1) is 34.1. The fraction of sp³-hybridized carbons (Fsp3) is 0.182. The first-order valence-electron chi connectivity index (χ1n) is 16.5. The molecule has 0 saturated carbocycles. The Bertz CT molecular complexity index is 2170. The number of aromatic nitrogens is 3. The minimum Gasteiger partial charge on any atom is -0.507 e. The molecular weight excluding hydrogens is 782 g/mol. The predicted molar refractivity (Wildman–Crippen MR) is 199 cm³/mol. The Morgan fingerprint density at radius 2 is 1.24 bits per heavy atom. The molecule has 0 spiro atoms. The molecule has 2 aromatic heterocycles. The van der Waals surface area contributed by atoms with Crippen LogP contribution in [0.5, 0.6) is 5.75 Å². The van der Waals surface area contributed by atoms with Crippen LogP contribution in [-0.4, -0.2) is 19.6 Å². The molecule has 5 heteroatoms. The summed E-state index contributed by atoms with van der Waals surface area (Å²) in [7, 11) is 0. The second-order valence-corrected chi connectivity index (χ2v) is 14.5. The van der Waals surface area contributed by atoms with Crippen LogP contribution in [-0.2, 0) is 31.9 Å². The Hall–Kier alpha value is -4.79. The first-order chi connectivity index (χ1) is 23.0. The first-order valence-corrected chi connectivity index (χ1v) is 16.5. The molecule has 4 nitrogen and oxygen atoms in total. The van der Waals surface area contributed by atoms with Gasteiger partial charge in [-0.2, -0.15) is 0 Å². The van der Waals surface area contributed by atoms with E-state index >= 15 is 0 Å². The second-order valence-electron chi connectivity index (χ2n) is 14.5. The summed E-state index contributed by atoms with van der Waals surface area (Å²) in [6.07, 6.45) is 1.82. The van der Waals surface area contributed by atoms with E-state index < -0.39 is 0 Å².